The minimum Gasteiger partial charge on any atom is -0.409 e. The van der Waals surface area contributed by atoms with Crippen molar-refractivity contribution >= 4 is 17.3 Å². The lowest BCUT2D eigenvalue weighted by molar-refractivity contribution is 0.317. The van der Waals surface area contributed by atoms with Crippen molar-refractivity contribution in [1.82, 2.24) is 9.38 Å². The maximum absolute atomic E-state index is 8.62. The standard InChI is InChI=1S/C13H19N5O/c1-10(2)17(8-6-11(14)16-19)13-5-3-4-12-15-7-9-18(12)13/h3-5,7,9-10,19H,6,8H2,1-2H3,(H2,14,16). The summed E-state index contributed by atoms with van der Waals surface area (Å²) in [6.07, 6.45) is 4.23. The third-order valence-corrected chi connectivity index (χ3v) is 3.06. The number of anilines is 1. The molecule has 2 heterocycles. The number of nitrogens with zero attached hydrogens (tertiary/aromatic N) is 4. The fourth-order valence-electron chi connectivity index (χ4n) is 2.09. The van der Waals surface area contributed by atoms with Crippen LogP contribution >= 0.6 is 0 Å². The summed E-state index contributed by atoms with van der Waals surface area (Å²) < 4.78 is 2.03. The number of aromatic nitrogens is 2. The molecule has 0 saturated carbocycles. The monoisotopic (exact) mass is 261 g/mol. The molecular weight excluding hydrogens is 242 g/mol. The average molecular weight is 261 g/mol. The lowest BCUT2D eigenvalue weighted by Gasteiger charge is -2.29. The number of hydrogen-bond donors (Lipinski definition) is 2. The van der Waals surface area contributed by atoms with Crippen LogP contribution in [-0.4, -0.2) is 33.0 Å². The molecule has 102 valence electrons. The fraction of sp³-hybridized carbons (Fsp3) is 0.385. The largest absolute Gasteiger partial charge is 0.409 e. The van der Waals surface area contributed by atoms with Crippen molar-refractivity contribution in [2.24, 2.45) is 10.9 Å². The number of imidazole rings is 1. The van der Waals surface area contributed by atoms with E-state index in [0.29, 0.717) is 19.0 Å². The molecule has 2 aromatic heterocycles. The normalized spacial score (nSPS) is 12.3. The molecule has 2 rings (SSSR count). The first kappa shape index (κ1) is 13.2. The molecular formula is C13H19N5O. The van der Waals surface area contributed by atoms with E-state index in [2.05, 4.69) is 28.9 Å². The third kappa shape index (κ3) is 2.78. The van der Waals surface area contributed by atoms with E-state index in [9.17, 15) is 0 Å². The van der Waals surface area contributed by atoms with Crippen LogP contribution in [0.2, 0.25) is 0 Å². The number of hydrogen-bond acceptors (Lipinski definition) is 4. The van der Waals surface area contributed by atoms with Crippen molar-refractivity contribution in [3.05, 3.63) is 30.6 Å². The van der Waals surface area contributed by atoms with Gasteiger partial charge in [0.15, 0.2) is 0 Å². The number of pyridine rings is 1. The number of oxime groups is 1. The summed E-state index contributed by atoms with van der Waals surface area (Å²) in [5, 5.41) is 11.6. The number of fused-ring (bicyclic) bond motifs is 1. The van der Waals surface area contributed by atoms with Crippen molar-refractivity contribution in [2.45, 2.75) is 26.3 Å². The van der Waals surface area contributed by atoms with Crippen LogP contribution in [-0.2, 0) is 0 Å². The van der Waals surface area contributed by atoms with E-state index in [-0.39, 0.29) is 5.84 Å². The Morgan fingerprint density at radius 2 is 2.32 bits per heavy atom. The van der Waals surface area contributed by atoms with E-state index < -0.39 is 0 Å². The molecule has 0 amide bonds. The van der Waals surface area contributed by atoms with Crippen LogP contribution in [0.15, 0.2) is 35.7 Å². The van der Waals surface area contributed by atoms with Crippen LogP contribution in [0.1, 0.15) is 20.3 Å². The molecule has 2 aromatic rings. The summed E-state index contributed by atoms with van der Waals surface area (Å²) in [5.74, 6) is 1.29. The van der Waals surface area contributed by atoms with Gasteiger partial charge in [-0.25, -0.2) is 4.98 Å². The van der Waals surface area contributed by atoms with Crippen LogP contribution < -0.4 is 10.6 Å². The maximum Gasteiger partial charge on any atom is 0.140 e. The molecule has 6 nitrogen and oxygen atoms in total. The molecule has 0 saturated heterocycles. The van der Waals surface area contributed by atoms with Gasteiger partial charge in [-0.2, -0.15) is 0 Å². The van der Waals surface area contributed by atoms with Gasteiger partial charge in [0.25, 0.3) is 0 Å². The van der Waals surface area contributed by atoms with E-state index in [4.69, 9.17) is 10.9 Å². The van der Waals surface area contributed by atoms with Gasteiger partial charge in [0, 0.05) is 31.4 Å². The lowest BCUT2D eigenvalue weighted by atomic mass is 10.2. The first-order valence-corrected chi connectivity index (χ1v) is 6.28. The predicted molar refractivity (Wildman–Crippen MR) is 75.7 cm³/mol. The summed E-state index contributed by atoms with van der Waals surface area (Å²) >= 11 is 0. The number of amidine groups is 1. The van der Waals surface area contributed by atoms with Crippen LogP contribution in [0.25, 0.3) is 5.65 Å². The van der Waals surface area contributed by atoms with Gasteiger partial charge >= 0.3 is 0 Å². The Kier molecular flexibility index (Phi) is 3.89. The van der Waals surface area contributed by atoms with Crippen LogP contribution in [0.3, 0.4) is 0 Å². The zero-order valence-electron chi connectivity index (χ0n) is 11.2. The van der Waals surface area contributed by atoms with Gasteiger partial charge in [0.05, 0.1) is 0 Å². The molecule has 3 N–H and O–H groups in total. The minimum atomic E-state index is 0.239. The lowest BCUT2D eigenvalue weighted by Crippen LogP contribution is -2.35. The maximum atomic E-state index is 8.62. The molecule has 0 bridgehead atoms. The van der Waals surface area contributed by atoms with E-state index in [0.717, 1.165) is 11.5 Å². The highest BCUT2D eigenvalue weighted by atomic mass is 16.4. The summed E-state index contributed by atoms with van der Waals surface area (Å²) in [4.78, 5) is 6.48. The second kappa shape index (κ2) is 5.60. The van der Waals surface area contributed by atoms with Crippen molar-refractivity contribution < 1.29 is 5.21 Å². The smallest absolute Gasteiger partial charge is 0.140 e. The molecule has 0 fully saturated rings. The highest BCUT2D eigenvalue weighted by Gasteiger charge is 2.14. The SMILES string of the molecule is CC(C)N(CC/C(N)=N/O)c1cccc2nccn12. The second-order valence-electron chi connectivity index (χ2n) is 4.67. The van der Waals surface area contributed by atoms with Gasteiger partial charge in [-0.05, 0) is 26.0 Å². The quantitative estimate of drug-likeness (QED) is 0.371. The third-order valence-electron chi connectivity index (χ3n) is 3.06. The summed E-state index contributed by atoms with van der Waals surface area (Å²) in [6, 6.07) is 6.29. The van der Waals surface area contributed by atoms with Gasteiger partial charge in [0.1, 0.15) is 17.3 Å². The van der Waals surface area contributed by atoms with Crippen molar-refractivity contribution in [3.8, 4) is 0 Å². The molecule has 19 heavy (non-hydrogen) atoms. The molecule has 0 aliphatic rings. The summed E-state index contributed by atoms with van der Waals surface area (Å²) in [7, 11) is 0. The first-order valence-electron chi connectivity index (χ1n) is 6.28. The van der Waals surface area contributed by atoms with E-state index in [1.54, 1.807) is 6.20 Å². The Balaban J connectivity index is 2.31. The van der Waals surface area contributed by atoms with Gasteiger partial charge < -0.3 is 15.8 Å². The van der Waals surface area contributed by atoms with Gasteiger partial charge in [-0.1, -0.05) is 11.2 Å². The second-order valence-corrected chi connectivity index (χ2v) is 4.67. The predicted octanol–water partition coefficient (Wildman–Crippen LogP) is 1.69. The van der Waals surface area contributed by atoms with Gasteiger partial charge in [-0.3, -0.25) is 4.40 Å². The Morgan fingerprint density at radius 1 is 1.53 bits per heavy atom. The summed E-state index contributed by atoms with van der Waals surface area (Å²) in [5.41, 5.74) is 6.46. The van der Waals surface area contributed by atoms with Crippen LogP contribution in [0.4, 0.5) is 5.82 Å². The highest BCUT2D eigenvalue weighted by Crippen LogP contribution is 2.19. The Labute approximate surface area is 112 Å². The summed E-state index contributed by atoms with van der Waals surface area (Å²) in [6.45, 7) is 4.91. The van der Waals surface area contributed by atoms with Gasteiger partial charge in [-0.15, -0.1) is 0 Å². The molecule has 0 aliphatic heterocycles. The van der Waals surface area contributed by atoms with Crippen molar-refractivity contribution in [1.29, 1.82) is 0 Å². The van der Waals surface area contributed by atoms with E-state index in [1.165, 1.54) is 0 Å². The molecule has 6 heteroatoms. The van der Waals surface area contributed by atoms with Crippen LogP contribution in [0, 0.1) is 0 Å². The Morgan fingerprint density at radius 3 is 3.00 bits per heavy atom. The Bertz CT molecular complexity index is 575. The fourth-order valence-corrected chi connectivity index (χ4v) is 2.09. The zero-order valence-corrected chi connectivity index (χ0v) is 11.2. The van der Waals surface area contributed by atoms with Crippen molar-refractivity contribution in [2.75, 3.05) is 11.4 Å². The first-order chi connectivity index (χ1) is 9.13. The molecule has 0 spiro atoms. The van der Waals surface area contributed by atoms with E-state index >= 15 is 0 Å². The van der Waals surface area contributed by atoms with Crippen LogP contribution in [0.5, 0.6) is 0 Å². The molecule has 0 radical (unpaired) electrons. The topological polar surface area (TPSA) is 79.1 Å². The van der Waals surface area contributed by atoms with Gasteiger partial charge in [0.2, 0.25) is 0 Å². The zero-order chi connectivity index (χ0) is 13.8. The number of nitrogens with two attached hydrogens (primary N) is 1. The number of rotatable bonds is 5. The molecule has 0 aromatic carbocycles. The minimum absolute atomic E-state index is 0.239. The average Bonchev–Trinajstić information content (AvgIpc) is 2.87. The highest BCUT2D eigenvalue weighted by molar-refractivity contribution is 5.80. The van der Waals surface area contributed by atoms with Crippen molar-refractivity contribution in [3.63, 3.8) is 0 Å². The van der Waals surface area contributed by atoms with E-state index in [1.807, 2.05) is 28.8 Å². The molecule has 0 atom stereocenters. The molecule has 0 aliphatic carbocycles. The molecule has 0 unspecified atom stereocenters. The Hall–Kier alpha value is -2.24.